The average molecular weight is 585 g/mol. The number of benzene rings is 1. The van der Waals surface area contributed by atoms with E-state index in [2.05, 4.69) is 15.3 Å². The van der Waals surface area contributed by atoms with Gasteiger partial charge in [0.1, 0.15) is 24.3 Å². The molecule has 10 nitrogen and oxygen atoms in total. The number of pyridine rings is 2. The summed E-state index contributed by atoms with van der Waals surface area (Å²) in [6.45, 7) is -0.471. The Morgan fingerprint density at radius 3 is 2.66 bits per heavy atom. The van der Waals surface area contributed by atoms with Crippen molar-refractivity contribution in [2.75, 3.05) is 16.4 Å². The smallest absolute Gasteiger partial charge is 0.416 e. The number of anilines is 2. The zero-order chi connectivity index (χ0) is 29.3. The molecule has 0 radical (unpaired) electrons. The molecule has 0 spiro atoms. The van der Waals surface area contributed by atoms with E-state index in [0.717, 1.165) is 28.3 Å². The zero-order valence-corrected chi connectivity index (χ0v) is 21.8. The third kappa shape index (κ3) is 5.64. The number of ether oxygens (including phenoxy) is 1. The standard InChI is InChI=1S/C27H20ClF3N6O4/c28-20-4-2-1-3-19(20)23(24(38)35-17-9-27(30,31)10-17)36(18-8-16(29)12-33-13-18)25(39)21-14-41-26(40)37(21)22-7-15(11-32)5-6-34-22/h1-8,12-13,17,21,23H,9-10,14H2,(H,35,38)/t21-,23?/m0/s1. The monoisotopic (exact) mass is 584 g/mol. The first-order valence-corrected chi connectivity index (χ1v) is 12.6. The number of nitrogens with zero attached hydrogens (tertiary/aromatic N) is 5. The summed E-state index contributed by atoms with van der Waals surface area (Å²) in [5, 5.41) is 11.9. The van der Waals surface area contributed by atoms with Crippen molar-refractivity contribution in [2.24, 2.45) is 0 Å². The Morgan fingerprint density at radius 2 is 1.98 bits per heavy atom. The molecule has 1 aliphatic carbocycles. The normalized spacial score (nSPS) is 18.6. The van der Waals surface area contributed by atoms with Crippen LogP contribution < -0.4 is 15.1 Å². The fraction of sp³-hybridized carbons (Fsp3) is 0.259. The van der Waals surface area contributed by atoms with Gasteiger partial charge in [0, 0.05) is 41.7 Å². The van der Waals surface area contributed by atoms with Gasteiger partial charge in [-0.05, 0) is 18.2 Å². The van der Waals surface area contributed by atoms with Gasteiger partial charge in [0.05, 0.1) is 29.7 Å². The van der Waals surface area contributed by atoms with Gasteiger partial charge in [0.25, 0.3) is 11.8 Å². The minimum Gasteiger partial charge on any atom is -0.446 e. The number of cyclic esters (lactones) is 1. The Labute approximate surface area is 236 Å². The molecular formula is C27H20ClF3N6O4. The van der Waals surface area contributed by atoms with Crippen molar-refractivity contribution in [1.29, 1.82) is 5.26 Å². The van der Waals surface area contributed by atoms with Crippen LogP contribution in [-0.2, 0) is 14.3 Å². The minimum absolute atomic E-state index is 0.0627. The number of carbonyl (C=O) groups excluding carboxylic acids is 3. The number of aromatic nitrogens is 2. The maximum absolute atomic E-state index is 14.4. The fourth-order valence-electron chi connectivity index (χ4n) is 4.71. The van der Waals surface area contributed by atoms with Crippen LogP contribution in [0, 0.1) is 17.1 Å². The second-order valence-corrected chi connectivity index (χ2v) is 9.85. The molecule has 1 N–H and O–H groups in total. The van der Waals surface area contributed by atoms with Gasteiger partial charge in [-0.25, -0.2) is 27.8 Å². The molecule has 1 aliphatic heterocycles. The van der Waals surface area contributed by atoms with E-state index in [1.54, 1.807) is 12.1 Å². The van der Waals surface area contributed by atoms with Gasteiger partial charge in [-0.3, -0.25) is 19.5 Å². The summed E-state index contributed by atoms with van der Waals surface area (Å²) in [6.07, 6.45) is 1.15. The van der Waals surface area contributed by atoms with Crippen molar-refractivity contribution >= 4 is 41.0 Å². The van der Waals surface area contributed by atoms with Gasteiger partial charge < -0.3 is 10.1 Å². The SMILES string of the molecule is N#Cc1ccnc(N2C(=O)OC[C@H]2C(=O)N(c2cncc(F)c2)C(C(=O)NC2CC(F)(F)C2)c2ccccc2Cl)c1. The predicted molar refractivity (Wildman–Crippen MR) is 139 cm³/mol. The quantitative estimate of drug-likeness (QED) is 0.442. The molecule has 41 heavy (non-hydrogen) atoms. The van der Waals surface area contributed by atoms with Crippen molar-refractivity contribution in [3.8, 4) is 6.07 Å². The molecular weight excluding hydrogens is 565 g/mol. The van der Waals surface area contributed by atoms with Crippen LogP contribution in [0.15, 0.2) is 61.1 Å². The summed E-state index contributed by atoms with van der Waals surface area (Å²) in [5.74, 6) is -5.62. The summed E-state index contributed by atoms with van der Waals surface area (Å²) in [6, 6.07) is 7.71. The number of amides is 3. The summed E-state index contributed by atoms with van der Waals surface area (Å²) in [5.41, 5.74) is 0.0847. The Hall–Kier alpha value is -4.70. The van der Waals surface area contributed by atoms with Crippen LogP contribution >= 0.6 is 11.6 Å². The van der Waals surface area contributed by atoms with E-state index in [4.69, 9.17) is 16.3 Å². The van der Waals surface area contributed by atoms with Crippen LogP contribution in [0.2, 0.25) is 5.02 Å². The van der Waals surface area contributed by atoms with Crippen molar-refractivity contribution in [3.63, 3.8) is 0 Å². The third-order valence-electron chi connectivity index (χ3n) is 6.63. The van der Waals surface area contributed by atoms with E-state index in [1.807, 2.05) is 6.07 Å². The lowest BCUT2D eigenvalue weighted by molar-refractivity contribution is -0.133. The van der Waals surface area contributed by atoms with Gasteiger partial charge in [0.15, 0.2) is 6.04 Å². The van der Waals surface area contributed by atoms with E-state index in [9.17, 15) is 32.8 Å². The molecule has 3 heterocycles. The first-order chi connectivity index (χ1) is 19.6. The van der Waals surface area contributed by atoms with E-state index in [0.29, 0.717) is 0 Å². The highest BCUT2D eigenvalue weighted by molar-refractivity contribution is 6.31. The summed E-state index contributed by atoms with van der Waals surface area (Å²) in [7, 11) is 0. The molecule has 3 amide bonds. The highest BCUT2D eigenvalue weighted by Crippen LogP contribution is 2.39. The third-order valence-corrected chi connectivity index (χ3v) is 6.97. The van der Waals surface area contributed by atoms with Crippen molar-refractivity contribution in [2.45, 2.75) is 36.9 Å². The lowest BCUT2D eigenvalue weighted by atomic mass is 9.87. The van der Waals surface area contributed by atoms with Crippen LogP contribution in [0.4, 0.5) is 29.5 Å². The number of rotatable bonds is 7. The molecule has 2 aromatic heterocycles. The number of alkyl halides is 2. The molecule has 2 fully saturated rings. The Bertz CT molecular complexity index is 1560. The molecule has 210 valence electrons. The number of carbonyl (C=O) groups is 3. The average Bonchev–Trinajstić information content (AvgIpc) is 3.32. The second kappa shape index (κ2) is 11.1. The number of nitriles is 1. The predicted octanol–water partition coefficient (Wildman–Crippen LogP) is 4.15. The molecule has 2 aliphatic rings. The number of hydrogen-bond donors (Lipinski definition) is 1. The van der Waals surface area contributed by atoms with Gasteiger partial charge >= 0.3 is 6.09 Å². The van der Waals surface area contributed by atoms with Gasteiger partial charge in [0.2, 0.25) is 5.91 Å². The maximum atomic E-state index is 14.4. The van der Waals surface area contributed by atoms with Crippen LogP contribution in [0.25, 0.3) is 0 Å². The first-order valence-electron chi connectivity index (χ1n) is 12.3. The Balaban J connectivity index is 1.61. The van der Waals surface area contributed by atoms with Crippen molar-refractivity contribution in [3.05, 3.63) is 83.0 Å². The molecule has 14 heteroatoms. The molecule has 1 aromatic carbocycles. The number of halogens is 4. The van der Waals surface area contributed by atoms with E-state index < -0.39 is 67.2 Å². The highest BCUT2D eigenvalue weighted by atomic mass is 35.5. The summed E-state index contributed by atoms with van der Waals surface area (Å²) in [4.78, 5) is 50.5. The van der Waals surface area contributed by atoms with E-state index in [1.165, 1.54) is 30.5 Å². The van der Waals surface area contributed by atoms with E-state index in [-0.39, 0.29) is 27.7 Å². The number of hydrogen-bond acceptors (Lipinski definition) is 7. The summed E-state index contributed by atoms with van der Waals surface area (Å²) < 4.78 is 46.7. The summed E-state index contributed by atoms with van der Waals surface area (Å²) >= 11 is 6.44. The molecule has 1 unspecified atom stereocenters. The van der Waals surface area contributed by atoms with Crippen LogP contribution in [0.1, 0.15) is 30.0 Å². The minimum atomic E-state index is -2.94. The van der Waals surface area contributed by atoms with Gasteiger partial charge in [-0.15, -0.1) is 0 Å². The zero-order valence-electron chi connectivity index (χ0n) is 21.0. The largest absolute Gasteiger partial charge is 0.446 e. The first kappa shape index (κ1) is 27.9. The second-order valence-electron chi connectivity index (χ2n) is 9.44. The van der Waals surface area contributed by atoms with Gasteiger partial charge in [-0.2, -0.15) is 5.26 Å². The van der Waals surface area contributed by atoms with Crippen LogP contribution in [-0.4, -0.2) is 52.5 Å². The lowest BCUT2D eigenvalue weighted by Gasteiger charge is -2.38. The van der Waals surface area contributed by atoms with E-state index >= 15 is 0 Å². The van der Waals surface area contributed by atoms with Crippen LogP contribution in [0.3, 0.4) is 0 Å². The van der Waals surface area contributed by atoms with Crippen molar-refractivity contribution in [1.82, 2.24) is 15.3 Å². The fourth-order valence-corrected chi connectivity index (χ4v) is 4.95. The molecule has 1 saturated carbocycles. The lowest BCUT2D eigenvalue weighted by Crippen LogP contribution is -2.56. The number of nitrogens with one attached hydrogen (secondary N) is 1. The Morgan fingerprint density at radius 1 is 1.22 bits per heavy atom. The molecule has 1 saturated heterocycles. The molecule has 0 bridgehead atoms. The maximum Gasteiger partial charge on any atom is 0.416 e. The van der Waals surface area contributed by atoms with Gasteiger partial charge in [-0.1, -0.05) is 29.8 Å². The molecule has 2 atom stereocenters. The topological polar surface area (TPSA) is 129 Å². The van der Waals surface area contributed by atoms with Crippen LogP contribution in [0.5, 0.6) is 0 Å². The Kier molecular flexibility index (Phi) is 7.51. The molecule has 3 aromatic rings. The molecule has 5 rings (SSSR count). The highest BCUT2D eigenvalue weighted by Gasteiger charge is 2.49. The van der Waals surface area contributed by atoms with Crippen molar-refractivity contribution < 1.29 is 32.3 Å².